The minimum absolute atomic E-state index is 0.101. The second kappa shape index (κ2) is 4.51. The molecule has 1 aliphatic rings. The number of rotatable bonds is 2. The molecule has 0 aliphatic carbocycles. The zero-order valence-corrected chi connectivity index (χ0v) is 10.5. The molecule has 9 heteroatoms. The average Bonchev–Trinajstić information content (AvgIpc) is 2.71. The maximum absolute atomic E-state index is 11.7. The lowest BCUT2D eigenvalue weighted by Gasteiger charge is -2.15. The van der Waals surface area contributed by atoms with Gasteiger partial charge in [0.1, 0.15) is 23.2 Å². The van der Waals surface area contributed by atoms with Crippen LogP contribution < -0.4 is 4.90 Å². The SMILES string of the molecule is N#Cc1cncnc1N1CC(S(=O)(=O)Cl)CC1=O. The van der Waals surface area contributed by atoms with Crippen LogP contribution in [0.5, 0.6) is 0 Å². The van der Waals surface area contributed by atoms with Gasteiger partial charge in [0.25, 0.3) is 0 Å². The van der Waals surface area contributed by atoms with Gasteiger partial charge in [0, 0.05) is 23.6 Å². The second-order valence-corrected chi connectivity index (χ2v) is 6.59. The molecular formula is C9H7ClN4O3S. The van der Waals surface area contributed by atoms with Crippen molar-refractivity contribution in [3.8, 4) is 6.07 Å². The van der Waals surface area contributed by atoms with E-state index in [0.29, 0.717) is 0 Å². The van der Waals surface area contributed by atoms with Crippen molar-refractivity contribution >= 4 is 31.5 Å². The summed E-state index contributed by atoms with van der Waals surface area (Å²) >= 11 is 0. The Kier molecular flexibility index (Phi) is 3.19. The molecule has 0 N–H and O–H groups in total. The van der Waals surface area contributed by atoms with E-state index in [1.807, 2.05) is 6.07 Å². The minimum Gasteiger partial charge on any atom is -0.294 e. The van der Waals surface area contributed by atoms with Crippen LogP contribution in [0.25, 0.3) is 0 Å². The summed E-state index contributed by atoms with van der Waals surface area (Å²) in [4.78, 5) is 20.4. The monoisotopic (exact) mass is 286 g/mol. The Hall–Kier alpha value is -1.72. The van der Waals surface area contributed by atoms with E-state index in [2.05, 4.69) is 9.97 Å². The van der Waals surface area contributed by atoms with Gasteiger partial charge in [-0.3, -0.25) is 9.69 Å². The van der Waals surface area contributed by atoms with Crippen molar-refractivity contribution < 1.29 is 13.2 Å². The Balaban J connectivity index is 2.37. The van der Waals surface area contributed by atoms with Crippen LogP contribution in [-0.4, -0.2) is 36.1 Å². The van der Waals surface area contributed by atoms with Gasteiger partial charge in [-0.1, -0.05) is 0 Å². The van der Waals surface area contributed by atoms with Crippen molar-refractivity contribution in [2.24, 2.45) is 0 Å². The zero-order chi connectivity index (χ0) is 13.3. The second-order valence-electron chi connectivity index (χ2n) is 3.68. The van der Waals surface area contributed by atoms with Gasteiger partial charge in [0.15, 0.2) is 5.82 Å². The van der Waals surface area contributed by atoms with E-state index < -0.39 is 20.2 Å². The van der Waals surface area contributed by atoms with Crippen molar-refractivity contribution in [1.82, 2.24) is 9.97 Å². The fourth-order valence-corrected chi connectivity index (χ4v) is 2.71. The molecule has 0 radical (unpaired) electrons. The van der Waals surface area contributed by atoms with E-state index in [0.717, 1.165) is 4.90 Å². The third-order valence-electron chi connectivity index (χ3n) is 2.56. The van der Waals surface area contributed by atoms with Gasteiger partial charge in [0.05, 0.1) is 6.20 Å². The van der Waals surface area contributed by atoms with Crippen LogP contribution in [0.15, 0.2) is 12.5 Å². The van der Waals surface area contributed by atoms with Crippen molar-refractivity contribution in [2.45, 2.75) is 11.7 Å². The van der Waals surface area contributed by atoms with Crippen molar-refractivity contribution in [2.75, 3.05) is 11.4 Å². The van der Waals surface area contributed by atoms with Gasteiger partial charge in [-0.15, -0.1) is 0 Å². The highest BCUT2D eigenvalue weighted by Crippen LogP contribution is 2.26. The molecule has 0 bridgehead atoms. The molecule has 94 valence electrons. The van der Waals surface area contributed by atoms with Gasteiger partial charge in [-0.05, 0) is 0 Å². The summed E-state index contributed by atoms with van der Waals surface area (Å²) in [6.45, 7) is -0.101. The van der Waals surface area contributed by atoms with Gasteiger partial charge < -0.3 is 0 Å². The molecule has 18 heavy (non-hydrogen) atoms. The van der Waals surface area contributed by atoms with Crippen LogP contribution in [0, 0.1) is 11.3 Å². The number of nitriles is 1. The number of hydrogen-bond acceptors (Lipinski definition) is 6. The minimum atomic E-state index is -3.81. The number of halogens is 1. The first-order chi connectivity index (χ1) is 8.43. The molecule has 1 aliphatic heterocycles. The summed E-state index contributed by atoms with van der Waals surface area (Å²) in [6.07, 6.45) is 2.24. The first-order valence-electron chi connectivity index (χ1n) is 4.87. The number of anilines is 1. The molecule has 1 aromatic heterocycles. The summed E-state index contributed by atoms with van der Waals surface area (Å²) in [5, 5.41) is 7.90. The van der Waals surface area contributed by atoms with E-state index in [4.69, 9.17) is 15.9 Å². The highest BCUT2D eigenvalue weighted by Gasteiger charge is 2.39. The Morgan fingerprint density at radius 3 is 2.83 bits per heavy atom. The highest BCUT2D eigenvalue weighted by molar-refractivity contribution is 8.14. The molecule has 1 aromatic rings. The third-order valence-corrected chi connectivity index (χ3v) is 4.42. The van der Waals surface area contributed by atoms with Crippen LogP contribution in [0.1, 0.15) is 12.0 Å². The lowest BCUT2D eigenvalue weighted by Crippen LogP contribution is -2.28. The molecule has 1 fully saturated rings. The smallest absolute Gasteiger partial charge is 0.237 e. The largest absolute Gasteiger partial charge is 0.294 e. The predicted molar refractivity (Wildman–Crippen MR) is 62.3 cm³/mol. The maximum atomic E-state index is 11.7. The first kappa shape index (κ1) is 12.7. The summed E-state index contributed by atoms with van der Waals surface area (Å²) in [5.74, 6) is -0.320. The predicted octanol–water partition coefficient (Wildman–Crippen LogP) is 0.0222. The van der Waals surface area contributed by atoms with Crippen LogP contribution in [0.2, 0.25) is 0 Å². The quantitative estimate of drug-likeness (QED) is 0.710. The first-order valence-corrected chi connectivity index (χ1v) is 7.24. The van der Waals surface area contributed by atoms with Gasteiger partial charge in [-0.25, -0.2) is 18.4 Å². The number of aromatic nitrogens is 2. The van der Waals surface area contributed by atoms with Crippen molar-refractivity contribution in [3.63, 3.8) is 0 Å². The molecule has 0 aromatic carbocycles. The summed E-state index contributed by atoms with van der Waals surface area (Å²) < 4.78 is 22.4. The normalized spacial score (nSPS) is 19.9. The number of amides is 1. The Bertz CT molecular complexity index is 639. The molecule has 1 unspecified atom stereocenters. The molecule has 7 nitrogen and oxygen atoms in total. The standard InChI is InChI=1S/C9H7ClN4O3S/c10-18(16,17)7-1-8(15)14(4-7)9-6(2-11)3-12-5-13-9/h3,5,7H,1,4H2. The van der Waals surface area contributed by atoms with Gasteiger partial charge in [0.2, 0.25) is 15.0 Å². The van der Waals surface area contributed by atoms with Gasteiger partial charge >= 0.3 is 0 Å². The fourth-order valence-electron chi connectivity index (χ4n) is 1.69. The molecule has 1 atom stereocenters. The molecule has 0 saturated carbocycles. The summed E-state index contributed by atoms with van der Waals surface area (Å²) in [5.41, 5.74) is 0.110. The molecular weight excluding hydrogens is 280 g/mol. The lowest BCUT2D eigenvalue weighted by molar-refractivity contribution is -0.117. The number of nitrogens with zero attached hydrogens (tertiary/aromatic N) is 4. The van der Waals surface area contributed by atoms with E-state index in [1.54, 1.807) is 0 Å². The summed E-state index contributed by atoms with van der Waals surface area (Å²) in [7, 11) is 1.41. The molecule has 1 saturated heterocycles. The number of carbonyl (C=O) groups is 1. The van der Waals surface area contributed by atoms with Crippen LogP contribution in [0.3, 0.4) is 0 Å². The molecule has 0 spiro atoms. The Labute approximate surface area is 107 Å². The van der Waals surface area contributed by atoms with Crippen LogP contribution in [-0.2, 0) is 13.8 Å². The van der Waals surface area contributed by atoms with Crippen molar-refractivity contribution in [3.05, 3.63) is 18.1 Å². The fraction of sp³-hybridized carbons (Fsp3) is 0.333. The highest BCUT2D eigenvalue weighted by atomic mass is 35.7. The average molecular weight is 287 g/mol. The van der Waals surface area contributed by atoms with Crippen LogP contribution >= 0.6 is 10.7 Å². The number of hydrogen-bond donors (Lipinski definition) is 0. The van der Waals surface area contributed by atoms with E-state index >= 15 is 0 Å². The van der Waals surface area contributed by atoms with E-state index in [1.165, 1.54) is 12.5 Å². The van der Waals surface area contributed by atoms with Crippen LogP contribution in [0.4, 0.5) is 5.82 Å². The molecule has 1 amide bonds. The lowest BCUT2D eigenvalue weighted by atomic mass is 10.3. The Morgan fingerprint density at radius 2 is 2.28 bits per heavy atom. The maximum Gasteiger partial charge on any atom is 0.237 e. The van der Waals surface area contributed by atoms with Crippen molar-refractivity contribution in [1.29, 1.82) is 5.26 Å². The van der Waals surface area contributed by atoms with E-state index in [-0.39, 0.29) is 24.3 Å². The number of carbonyl (C=O) groups excluding carboxylic acids is 1. The topological polar surface area (TPSA) is 104 Å². The molecule has 2 heterocycles. The van der Waals surface area contributed by atoms with E-state index in [9.17, 15) is 13.2 Å². The third kappa shape index (κ3) is 2.27. The van der Waals surface area contributed by atoms with Gasteiger partial charge in [-0.2, -0.15) is 5.26 Å². The summed E-state index contributed by atoms with van der Waals surface area (Å²) in [6, 6.07) is 1.85. The molecule has 2 rings (SSSR count). The Morgan fingerprint density at radius 1 is 1.56 bits per heavy atom. The zero-order valence-electron chi connectivity index (χ0n) is 8.95.